The minimum Gasteiger partial charge on any atom is -0.392 e. The largest absolute Gasteiger partial charge is 0.414 e. The number of rotatable bonds is 7. The highest BCUT2D eigenvalue weighted by Gasteiger charge is 2.43. The first-order valence-corrected chi connectivity index (χ1v) is 14.5. The summed E-state index contributed by atoms with van der Waals surface area (Å²) in [7, 11) is -3.60. The molecule has 3 aliphatic rings. The lowest BCUT2D eigenvalue weighted by atomic mass is 9.93. The second-order valence-electron chi connectivity index (χ2n) is 9.15. The Morgan fingerprint density at radius 2 is 1.97 bits per heavy atom. The summed E-state index contributed by atoms with van der Waals surface area (Å²) in [6.07, 6.45) is 4.57. The molecule has 1 saturated heterocycles. The predicted molar refractivity (Wildman–Crippen MR) is 135 cm³/mol. The zero-order chi connectivity index (χ0) is 25.2. The Labute approximate surface area is 219 Å². The number of carbonyl (C=O) groups excluding carboxylic acids is 1. The van der Waals surface area contributed by atoms with Crippen molar-refractivity contribution in [3.05, 3.63) is 64.3 Å². The van der Waals surface area contributed by atoms with Gasteiger partial charge in [0.05, 0.1) is 23.1 Å². The fourth-order valence-electron chi connectivity index (χ4n) is 4.76. The second-order valence-corrected chi connectivity index (χ2v) is 13.0. The summed E-state index contributed by atoms with van der Waals surface area (Å²) < 4.78 is 39.3. The third-order valence-corrected chi connectivity index (χ3v) is 10.3. The molecule has 0 bridgehead atoms. The molecular weight excluding hydrogens is 526 g/mol. The summed E-state index contributed by atoms with van der Waals surface area (Å²) in [6, 6.07) is 12.9. The van der Waals surface area contributed by atoms with E-state index in [1.54, 1.807) is 12.1 Å². The van der Waals surface area contributed by atoms with Crippen LogP contribution < -0.4 is 10.8 Å². The third kappa shape index (κ3) is 5.71. The highest BCUT2D eigenvalue weighted by Crippen LogP contribution is 2.36. The SMILES string of the molecule is O=C(NC1CCC[C@H]1OCc1ccccc1)OC1=CC2(CCN(S(=O)(=O)c3ccc(Cl)s3)CC2)ON1. The van der Waals surface area contributed by atoms with Gasteiger partial charge in [0, 0.05) is 19.2 Å². The molecule has 2 N–H and O–H groups in total. The van der Waals surface area contributed by atoms with Crippen LogP contribution in [0.5, 0.6) is 0 Å². The molecule has 5 rings (SSSR count). The van der Waals surface area contributed by atoms with Crippen LogP contribution in [-0.4, -0.2) is 49.7 Å². The number of benzene rings is 1. The highest BCUT2D eigenvalue weighted by atomic mass is 35.5. The van der Waals surface area contributed by atoms with Gasteiger partial charge in [0.25, 0.3) is 10.0 Å². The van der Waals surface area contributed by atoms with E-state index in [0.717, 1.165) is 36.2 Å². The Kier molecular flexibility index (Phi) is 7.57. The van der Waals surface area contributed by atoms with Gasteiger partial charge in [0.1, 0.15) is 9.81 Å². The van der Waals surface area contributed by atoms with Gasteiger partial charge in [0.2, 0.25) is 5.88 Å². The molecule has 194 valence electrons. The quantitative estimate of drug-likeness (QED) is 0.530. The third-order valence-electron chi connectivity index (χ3n) is 6.73. The maximum Gasteiger partial charge on any atom is 0.414 e. The molecule has 3 heterocycles. The molecule has 2 atom stereocenters. The van der Waals surface area contributed by atoms with E-state index >= 15 is 0 Å². The number of piperidine rings is 1. The summed E-state index contributed by atoms with van der Waals surface area (Å²) in [5.74, 6) is 0.202. The van der Waals surface area contributed by atoms with Gasteiger partial charge in [0.15, 0.2) is 0 Å². The fourth-order valence-corrected chi connectivity index (χ4v) is 7.84. The van der Waals surface area contributed by atoms with Crippen molar-refractivity contribution in [3.63, 3.8) is 0 Å². The first-order valence-electron chi connectivity index (χ1n) is 11.9. The molecule has 2 aliphatic heterocycles. The van der Waals surface area contributed by atoms with E-state index in [1.165, 1.54) is 10.4 Å². The van der Waals surface area contributed by atoms with Crippen LogP contribution in [0, 0.1) is 0 Å². The number of hydrogen-bond acceptors (Lipinski definition) is 8. The summed E-state index contributed by atoms with van der Waals surface area (Å²) in [6.45, 7) is 1.05. The van der Waals surface area contributed by atoms with Crippen LogP contribution in [0.4, 0.5) is 4.79 Å². The van der Waals surface area contributed by atoms with Crippen LogP contribution in [-0.2, 0) is 30.9 Å². The topological polar surface area (TPSA) is 106 Å². The first kappa shape index (κ1) is 25.5. The van der Waals surface area contributed by atoms with Crippen LogP contribution >= 0.6 is 22.9 Å². The lowest BCUT2D eigenvalue weighted by Crippen LogP contribution is -2.46. The number of amides is 1. The van der Waals surface area contributed by atoms with E-state index in [-0.39, 0.29) is 35.3 Å². The zero-order valence-electron chi connectivity index (χ0n) is 19.5. The molecule has 0 radical (unpaired) electrons. The van der Waals surface area contributed by atoms with E-state index in [4.69, 9.17) is 25.9 Å². The van der Waals surface area contributed by atoms with Crippen LogP contribution in [0.1, 0.15) is 37.7 Å². The van der Waals surface area contributed by atoms with Crippen LogP contribution in [0.15, 0.2) is 58.6 Å². The maximum atomic E-state index is 12.9. The first-order chi connectivity index (χ1) is 17.3. The number of hydroxylamine groups is 1. The number of nitrogens with one attached hydrogen (secondary N) is 2. The Morgan fingerprint density at radius 1 is 1.19 bits per heavy atom. The molecule has 2 fully saturated rings. The maximum absolute atomic E-state index is 12.9. The predicted octanol–water partition coefficient (Wildman–Crippen LogP) is 4.17. The van der Waals surface area contributed by atoms with E-state index in [1.807, 2.05) is 30.3 Å². The summed E-state index contributed by atoms with van der Waals surface area (Å²) >= 11 is 6.95. The number of sulfonamides is 1. The normalized spacial score (nSPS) is 23.9. The van der Waals surface area contributed by atoms with Crippen molar-refractivity contribution in [2.24, 2.45) is 0 Å². The zero-order valence-corrected chi connectivity index (χ0v) is 21.9. The molecule has 1 aliphatic carbocycles. The molecular formula is C24H28ClN3O6S2. The van der Waals surface area contributed by atoms with Crippen LogP contribution in [0.25, 0.3) is 0 Å². The van der Waals surface area contributed by atoms with Crippen molar-refractivity contribution < 1.29 is 27.5 Å². The summed E-state index contributed by atoms with van der Waals surface area (Å²) in [5, 5.41) is 2.91. The molecule has 9 nitrogen and oxygen atoms in total. The summed E-state index contributed by atoms with van der Waals surface area (Å²) in [5.41, 5.74) is 3.04. The summed E-state index contributed by atoms with van der Waals surface area (Å²) in [4.78, 5) is 18.3. The van der Waals surface area contributed by atoms with Gasteiger partial charge in [-0.1, -0.05) is 41.9 Å². The molecule has 2 aromatic rings. The molecule has 1 aromatic carbocycles. The molecule has 1 spiro atoms. The number of nitrogens with zero attached hydrogens (tertiary/aromatic N) is 1. The van der Waals surface area contributed by atoms with Gasteiger partial charge < -0.3 is 14.8 Å². The van der Waals surface area contributed by atoms with Crippen molar-refractivity contribution in [1.29, 1.82) is 0 Å². The molecule has 1 saturated carbocycles. The number of thiophene rings is 1. The number of carbonyl (C=O) groups is 1. The van der Waals surface area contributed by atoms with Crippen LogP contribution in [0.3, 0.4) is 0 Å². The standard InChI is InChI=1S/C24H28ClN3O6S2/c25-20-9-10-22(35-20)36(30,31)28-13-11-24(12-14-28)15-21(27-34-24)33-23(29)26-18-7-4-8-19(18)32-16-17-5-2-1-3-6-17/h1-3,5-6,9-10,15,18-19,27H,4,7-8,11-14,16H2,(H,26,29)/t18?,19-/m1/s1. The number of hydrogen-bond donors (Lipinski definition) is 2. The average Bonchev–Trinajstić information content (AvgIpc) is 3.60. The smallest absolute Gasteiger partial charge is 0.392 e. The molecule has 36 heavy (non-hydrogen) atoms. The molecule has 1 aromatic heterocycles. The van der Waals surface area contributed by atoms with Gasteiger partial charge in [-0.25, -0.2) is 18.7 Å². The van der Waals surface area contributed by atoms with Crippen molar-refractivity contribution in [2.75, 3.05) is 13.1 Å². The van der Waals surface area contributed by atoms with Crippen molar-refractivity contribution in [2.45, 2.75) is 60.7 Å². The van der Waals surface area contributed by atoms with Gasteiger partial charge in [-0.3, -0.25) is 4.84 Å². The Balaban J connectivity index is 1.12. The van der Waals surface area contributed by atoms with Gasteiger partial charge >= 0.3 is 6.09 Å². The monoisotopic (exact) mass is 553 g/mol. The van der Waals surface area contributed by atoms with E-state index in [9.17, 15) is 13.2 Å². The molecule has 12 heteroatoms. The number of ether oxygens (including phenoxy) is 2. The van der Waals surface area contributed by atoms with Gasteiger partial charge in [-0.05, 0) is 49.8 Å². The Bertz CT molecular complexity index is 1210. The lowest BCUT2D eigenvalue weighted by molar-refractivity contribution is -0.0730. The van der Waals surface area contributed by atoms with E-state index < -0.39 is 21.7 Å². The minimum absolute atomic E-state index is 0.0737. The van der Waals surface area contributed by atoms with Crippen molar-refractivity contribution in [1.82, 2.24) is 15.1 Å². The van der Waals surface area contributed by atoms with E-state index in [2.05, 4.69) is 10.8 Å². The molecule has 1 amide bonds. The minimum atomic E-state index is -3.60. The van der Waals surface area contributed by atoms with Crippen LogP contribution in [0.2, 0.25) is 4.34 Å². The average molecular weight is 554 g/mol. The molecule has 1 unspecified atom stereocenters. The van der Waals surface area contributed by atoms with Crippen molar-refractivity contribution in [3.8, 4) is 0 Å². The van der Waals surface area contributed by atoms with Crippen molar-refractivity contribution >= 4 is 39.1 Å². The highest BCUT2D eigenvalue weighted by molar-refractivity contribution is 7.91. The number of alkyl carbamates (subject to hydrolysis) is 1. The van der Waals surface area contributed by atoms with Gasteiger partial charge in [-0.15, -0.1) is 11.3 Å². The Hall–Kier alpha value is -2.15. The van der Waals surface area contributed by atoms with Gasteiger partial charge in [-0.2, -0.15) is 4.31 Å². The van der Waals surface area contributed by atoms with E-state index in [0.29, 0.717) is 23.8 Å². The Morgan fingerprint density at radius 3 is 2.69 bits per heavy atom. The second kappa shape index (κ2) is 10.7. The number of halogens is 1. The lowest BCUT2D eigenvalue weighted by Gasteiger charge is -2.35. The fraction of sp³-hybridized carbons (Fsp3) is 0.458.